The van der Waals surface area contributed by atoms with E-state index in [9.17, 15) is 0 Å². The van der Waals surface area contributed by atoms with Gasteiger partial charge in [-0.05, 0) is 24.6 Å². The maximum Gasteiger partial charge on any atom is 0.125 e. The van der Waals surface area contributed by atoms with Gasteiger partial charge in [-0.15, -0.1) is 11.6 Å². The standard InChI is InChI=1S/C16H14Cl2N2/c1-11-5-7-12(8-6-11)10-20-15(9-17)19-14-4-2-3-13(18)16(14)20/h2-8H,9-10H2,1H3. The fraction of sp³-hybridized carbons (Fsp3) is 0.188. The Balaban J connectivity index is 2.11. The van der Waals surface area contributed by atoms with Gasteiger partial charge in [0.15, 0.2) is 0 Å². The number of alkyl halides is 1. The molecule has 0 saturated carbocycles. The third-order valence-electron chi connectivity index (χ3n) is 3.38. The van der Waals surface area contributed by atoms with Crippen LogP contribution >= 0.6 is 23.2 Å². The molecule has 3 rings (SSSR count). The Hall–Kier alpha value is -1.51. The summed E-state index contributed by atoms with van der Waals surface area (Å²) in [5, 5.41) is 0.707. The first-order valence-electron chi connectivity index (χ1n) is 6.44. The number of halogens is 2. The largest absolute Gasteiger partial charge is 0.321 e. The fourth-order valence-corrected chi connectivity index (χ4v) is 2.81. The second-order valence-electron chi connectivity index (χ2n) is 4.84. The Morgan fingerprint density at radius 2 is 1.85 bits per heavy atom. The van der Waals surface area contributed by atoms with Gasteiger partial charge in [0.05, 0.1) is 21.9 Å². The maximum absolute atomic E-state index is 6.32. The number of hydrogen-bond acceptors (Lipinski definition) is 1. The summed E-state index contributed by atoms with van der Waals surface area (Å²) < 4.78 is 2.09. The Morgan fingerprint density at radius 1 is 1.10 bits per heavy atom. The molecule has 0 atom stereocenters. The summed E-state index contributed by atoms with van der Waals surface area (Å²) in [6, 6.07) is 14.2. The van der Waals surface area contributed by atoms with Gasteiger partial charge < -0.3 is 4.57 Å². The smallest absolute Gasteiger partial charge is 0.125 e. The zero-order valence-corrected chi connectivity index (χ0v) is 12.6. The van der Waals surface area contributed by atoms with Crippen molar-refractivity contribution in [3.05, 3.63) is 64.4 Å². The van der Waals surface area contributed by atoms with Crippen molar-refractivity contribution < 1.29 is 0 Å². The molecule has 0 amide bonds. The normalized spacial score (nSPS) is 11.2. The number of hydrogen-bond donors (Lipinski definition) is 0. The number of benzene rings is 2. The van der Waals surface area contributed by atoms with Crippen LogP contribution in [0.1, 0.15) is 17.0 Å². The van der Waals surface area contributed by atoms with Crippen LogP contribution in [0.4, 0.5) is 0 Å². The van der Waals surface area contributed by atoms with Crippen LogP contribution in [0.5, 0.6) is 0 Å². The van der Waals surface area contributed by atoms with Gasteiger partial charge in [0.2, 0.25) is 0 Å². The highest BCUT2D eigenvalue weighted by Gasteiger charge is 2.12. The maximum atomic E-state index is 6.32. The molecular weight excluding hydrogens is 291 g/mol. The van der Waals surface area contributed by atoms with E-state index in [2.05, 4.69) is 40.7 Å². The van der Waals surface area contributed by atoms with Crippen molar-refractivity contribution in [3.8, 4) is 0 Å². The van der Waals surface area contributed by atoms with Gasteiger partial charge in [-0.2, -0.15) is 0 Å². The fourth-order valence-electron chi connectivity index (χ4n) is 2.34. The number of aromatic nitrogens is 2. The molecular formula is C16H14Cl2N2. The minimum absolute atomic E-state index is 0.372. The first-order valence-corrected chi connectivity index (χ1v) is 7.35. The van der Waals surface area contributed by atoms with E-state index in [0.717, 1.165) is 23.4 Å². The summed E-state index contributed by atoms with van der Waals surface area (Å²) in [5.41, 5.74) is 4.30. The minimum atomic E-state index is 0.372. The van der Waals surface area contributed by atoms with Gasteiger partial charge in [0.25, 0.3) is 0 Å². The van der Waals surface area contributed by atoms with E-state index in [1.54, 1.807) is 0 Å². The van der Waals surface area contributed by atoms with Crippen molar-refractivity contribution in [1.82, 2.24) is 9.55 Å². The minimum Gasteiger partial charge on any atom is -0.321 e. The molecule has 0 aliphatic rings. The zero-order valence-electron chi connectivity index (χ0n) is 11.1. The van der Waals surface area contributed by atoms with E-state index < -0.39 is 0 Å². The highest BCUT2D eigenvalue weighted by Crippen LogP contribution is 2.26. The third-order valence-corrected chi connectivity index (χ3v) is 3.92. The molecule has 0 fully saturated rings. The van der Waals surface area contributed by atoms with Gasteiger partial charge in [0, 0.05) is 6.54 Å². The quantitative estimate of drug-likeness (QED) is 0.636. The lowest BCUT2D eigenvalue weighted by atomic mass is 10.1. The van der Waals surface area contributed by atoms with Gasteiger partial charge in [-0.25, -0.2) is 4.98 Å². The highest BCUT2D eigenvalue weighted by atomic mass is 35.5. The summed E-state index contributed by atoms with van der Waals surface area (Å²) >= 11 is 12.3. The lowest BCUT2D eigenvalue weighted by Crippen LogP contribution is -2.04. The average molecular weight is 305 g/mol. The van der Waals surface area contributed by atoms with Crippen LogP contribution in [0.25, 0.3) is 11.0 Å². The van der Waals surface area contributed by atoms with Crippen molar-refractivity contribution >= 4 is 34.2 Å². The summed E-state index contributed by atoms with van der Waals surface area (Å²) in [6.07, 6.45) is 0. The summed E-state index contributed by atoms with van der Waals surface area (Å²) in [4.78, 5) is 4.55. The van der Waals surface area contributed by atoms with Crippen molar-refractivity contribution in [1.29, 1.82) is 0 Å². The van der Waals surface area contributed by atoms with Gasteiger partial charge in [0.1, 0.15) is 5.82 Å². The molecule has 102 valence electrons. The van der Waals surface area contributed by atoms with E-state index in [-0.39, 0.29) is 0 Å². The molecule has 0 N–H and O–H groups in total. The molecule has 0 radical (unpaired) electrons. The van der Waals surface area contributed by atoms with Gasteiger partial charge in [-0.3, -0.25) is 0 Å². The van der Waals surface area contributed by atoms with E-state index >= 15 is 0 Å². The number of nitrogens with zero attached hydrogens (tertiary/aromatic N) is 2. The van der Waals surface area contributed by atoms with Crippen LogP contribution < -0.4 is 0 Å². The molecule has 0 aliphatic carbocycles. The Bertz CT molecular complexity index is 745. The molecule has 0 aliphatic heterocycles. The number of rotatable bonds is 3. The topological polar surface area (TPSA) is 17.8 Å². The number of imidazole rings is 1. The van der Waals surface area contributed by atoms with Crippen LogP contribution in [0.2, 0.25) is 5.02 Å². The van der Waals surface area contributed by atoms with Crippen LogP contribution in [0.3, 0.4) is 0 Å². The molecule has 2 aromatic carbocycles. The number of fused-ring (bicyclic) bond motifs is 1. The summed E-state index contributed by atoms with van der Waals surface area (Å²) in [7, 11) is 0. The van der Waals surface area contributed by atoms with E-state index in [4.69, 9.17) is 23.2 Å². The number of aryl methyl sites for hydroxylation is 1. The molecule has 2 nitrogen and oxygen atoms in total. The lowest BCUT2D eigenvalue weighted by Gasteiger charge is -2.09. The van der Waals surface area contributed by atoms with Crippen molar-refractivity contribution in [2.75, 3.05) is 0 Å². The monoisotopic (exact) mass is 304 g/mol. The molecule has 0 saturated heterocycles. The molecule has 1 aromatic heterocycles. The molecule has 4 heteroatoms. The first-order chi connectivity index (χ1) is 9.69. The van der Waals surface area contributed by atoms with E-state index in [1.807, 2.05) is 18.2 Å². The predicted molar refractivity (Wildman–Crippen MR) is 84.6 cm³/mol. The molecule has 20 heavy (non-hydrogen) atoms. The van der Waals surface area contributed by atoms with Gasteiger partial charge >= 0.3 is 0 Å². The summed E-state index contributed by atoms with van der Waals surface area (Å²) in [6.45, 7) is 2.81. The van der Waals surface area contributed by atoms with Crippen molar-refractivity contribution in [2.24, 2.45) is 0 Å². The Kier molecular flexibility index (Phi) is 3.68. The Morgan fingerprint density at radius 3 is 2.55 bits per heavy atom. The molecule has 3 aromatic rings. The Labute approximate surface area is 128 Å². The molecule has 1 heterocycles. The SMILES string of the molecule is Cc1ccc(Cn2c(CCl)nc3cccc(Cl)c32)cc1. The average Bonchev–Trinajstić information content (AvgIpc) is 2.81. The van der Waals surface area contributed by atoms with Gasteiger partial charge in [-0.1, -0.05) is 47.5 Å². The first kappa shape index (κ1) is 13.5. The van der Waals surface area contributed by atoms with Crippen LogP contribution in [-0.2, 0) is 12.4 Å². The van der Waals surface area contributed by atoms with Crippen LogP contribution in [-0.4, -0.2) is 9.55 Å². The second kappa shape index (κ2) is 5.47. The third kappa shape index (κ3) is 2.41. The lowest BCUT2D eigenvalue weighted by molar-refractivity contribution is 0.778. The zero-order chi connectivity index (χ0) is 14.1. The molecule has 0 spiro atoms. The van der Waals surface area contributed by atoms with Crippen LogP contribution in [0, 0.1) is 6.92 Å². The van der Waals surface area contributed by atoms with Crippen molar-refractivity contribution in [3.63, 3.8) is 0 Å². The number of para-hydroxylation sites is 1. The molecule has 0 unspecified atom stereocenters. The van der Waals surface area contributed by atoms with Crippen LogP contribution in [0.15, 0.2) is 42.5 Å². The van der Waals surface area contributed by atoms with E-state index in [1.165, 1.54) is 11.1 Å². The molecule has 0 bridgehead atoms. The summed E-state index contributed by atoms with van der Waals surface area (Å²) in [5.74, 6) is 1.21. The van der Waals surface area contributed by atoms with Crippen molar-refractivity contribution in [2.45, 2.75) is 19.3 Å². The van der Waals surface area contributed by atoms with E-state index in [0.29, 0.717) is 10.9 Å². The second-order valence-corrected chi connectivity index (χ2v) is 5.52. The highest BCUT2D eigenvalue weighted by molar-refractivity contribution is 6.35. The predicted octanol–water partition coefficient (Wildman–Crippen LogP) is 4.79.